The van der Waals surface area contributed by atoms with E-state index in [1.54, 1.807) is 0 Å². The van der Waals surface area contributed by atoms with Gasteiger partial charge in [-0.25, -0.2) is 4.79 Å². The fraction of sp³-hybridized carbons (Fsp3) is 0.435. The van der Waals surface area contributed by atoms with Gasteiger partial charge in [0.1, 0.15) is 0 Å². The first-order valence-corrected chi connectivity index (χ1v) is 10.5. The monoisotopic (exact) mass is 391 g/mol. The number of hydrogen-bond acceptors (Lipinski definition) is 4. The highest BCUT2D eigenvalue weighted by Gasteiger charge is 2.54. The number of nitrogens with one attached hydrogen (secondary N) is 1. The van der Waals surface area contributed by atoms with Gasteiger partial charge in [0, 0.05) is 24.2 Å². The predicted molar refractivity (Wildman–Crippen MR) is 109 cm³/mol. The van der Waals surface area contributed by atoms with Gasteiger partial charge >= 0.3 is 6.03 Å². The van der Waals surface area contributed by atoms with Gasteiger partial charge in [0.25, 0.3) is 0 Å². The van der Waals surface area contributed by atoms with Crippen LogP contribution in [-0.2, 0) is 0 Å². The maximum Gasteiger partial charge on any atom is 0.322 e. The van der Waals surface area contributed by atoms with Crippen LogP contribution in [0.3, 0.4) is 0 Å². The first kappa shape index (κ1) is 17.2. The number of urea groups is 1. The van der Waals surface area contributed by atoms with Crippen molar-refractivity contribution < 1.29 is 14.3 Å². The van der Waals surface area contributed by atoms with Gasteiger partial charge in [0.05, 0.1) is 6.04 Å². The van der Waals surface area contributed by atoms with Gasteiger partial charge < -0.3 is 19.7 Å². The van der Waals surface area contributed by atoms with Crippen molar-refractivity contribution in [3.63, 3.8) is 0 Å². The molecule has 0 spiro atoms. The first-order valence-electron chi connectivity index (χ1n) is 10.5. The van der Waals surface area contributed by atoms with Gasteiger partial charge in [-0.2, -0.15) is 0 Å². The first-order chi connectivity index (χ1) is 14.3. The van der Waals surface area contributed by atoms with Crippen molar-refractivity contribution in [1.29, 1.82) is 0 Å². The normalized spacial score (nSPS) is 31.6. The summed E-state index contributed by atoms with van der Waals surface area (Å²) in [7, 11) is 0. The molecule has 5 heterocycles. The minimum Gasteiger partial charge on any atom is -0.454 e. The SMILES string of the molecule is O=C(Nc1ccccc1)N1C[C@@H](c2ccc3c(c2)OCO3)[C@@H]2[C@H]1C1CCN2CC1. The van der Waals surface area contributed by atoms with Crippen LogP contribution in [0.4, 0.5) is 10.5 Å². The van der Waals surface area contributed by atoms with Crippen molar-refractivity contribution in [2.45, 2.75) is 30.8 Å². The summed E-state index contributed by atoms with van der Waals surface area (Å²) in [4.78, 5) is 18.0. The Morgan fingerprint density at radius 3 is 2.59 bits per heavy atom. The number of ether oxygens (including phenoxy) is 2. The molecule has 5 aliphatic rings. The molecule has 0 saturated carbocycles. The lowest BCUT2D eigenvalue weighted by Crippen LogP contribution is -2.61. The molecule has 0 unspecified atom stereocenters. The number of carbonyl (C=O) groups is 1. The fourth-order valence-electron chi connectivity index (χ4n) is 5.81. The molecule has 2 bridgehead atoms. The molecule has 6 heteroatoms. The third-order valence-electron chi connectivity index (χ3n) is 7.10. The van der Waals surface area contributed by atoms with Crippen molar-refractivity contribution in [2.24, 2.45) is 5.92 Å². The molecule has 5 aliphatic heterocycles. The van der Waals surface area contributed by atoms with Crippen LogP contribution >= 0.6 is 0 Å². The smallest absolute Gasteiger partial charge is 0.322 e. The summed E-state index contributed by atoms with van der Waals surface area (Å²) in [5.74, 6) is 2.51. The largest absolute Gasteiger partial charge is 0.454 e. The molecule has 2 amide bonds. The lowest BCUT2D eigenvalue weighted by atomic mass is 9.75. The molecule has 3 atom stereocenters. The zero-order chi connectivity index (χ0) is 19.4. The number of amides is 2. The van der Waals surface area contributed by atoms with Gasteiger partial charge in [0.15, 0.2) is 11.5 Å². The highest BCUT2D eigenvalue weighted by molar-refractivity contribution is 5.90. The second-order valence-electron chi connectivity index (χ2n) is 8.52. The van der Waals surface area contributed by atoms with E-state index in [2.05, 4.69) is 27.2 Å². The van der Waals surface area contributed by atoms with Crippen LogP contribution in [0.2, 0.25) is 0 Å². The number of carbonyl (C=O) groups excluding carboxylic acids is 1. The maximum absolute atomic E-state index is 13.3. The van der Waals surface area contributed by atoms with Crippen LogP contribution in [0.15, 0.2) is 48.5 Å². The van der Waals surface area contributed by atoms with Crippen LogP contribution in [0.5, 0.6) is 11.5 Å². The molecule has 29 heavy (non-hydrogen) atoms. The Morgan fingerprint density at radius 2 is 1.76 bits per heavy atom. The number of fused-ring (bicyclic) bond motifs is 3. The number of likely N-dealkylation sites (tertiary alicyclic amines) is 1. The molecule has 0 radical (unpaired) electrons. The number of benzene rings is 2. The number of rotatable bonds is 2. The molecule has 2 aromatic carbocycles. The molecule has 2 aromatic rings. The van der Waals surface area contributed by atoms with Crippen LogP contribution in [0.25, 0.3) is 0 Å². The van der Waals surface area contributed by atoms with Crippen LogP contribution < -0.4 is 14.8 Å². The van der Waals surface area contributed by atoms with E-state index in [0.29, 0.717) is 17.9 Å². The Labute approximate surface area is 170 Å². The molecule has 6 nitrogen and oxygen atoms in total. The van der Waals surface area contributed by atoms with E-state index >= 15 is 0 Å². The van der Waals surface area contributed by atoms with Crippen molar-refractivity contribution in [1.82, 2.24) is 9.80 Å². The molecule has 150 valence electrons. The lowest BCUT2D eigenvalue weighted by Gasteiger charge is -2.51. The molecule has 7 rings (SSSR count). The van der Waals surface area contributed by atoms with Crippen LogP contribution in [0.1, 0.15) is 24.3 Å². The predicted octanol–water partition coefficient (Wildman–Crippen LogP) is 3.51. The quantitative estimate of drug-likeness (QED) is 0.851. The Kier molecular flexibility index (Phi) is 3.94. The fourth-order valence-corrected chi connectivity index (χ4v) is 5.81. The number of piperidine rings is 3. The van der Waals surface area contributed by atoms with Crippen molar-refractivity contribution in [3.05, 3.63) is 54.1 Å². The molecular weight excluding hydrogens is 366 g/mol. The van der Waals surface area contributed by atoms with Gasteiger partial charge in [-0.15, -0.1) is 0 Å². The summed E-state index contributed by atoms with van der Waals surface area (Å²) in [5.41, 5.74) is 2.09. The van der Waals surface area contributed by atoms with Crippen LogP contribution in [-0.4, -0.2) is 54.3 Å². The summed E-state index contributed by atoms with van der Waals surface area (Å²) >= 11 is 0. The molecular formula is C23H25N3O3. The summed E-state index contributed by atoms with van der Waals surface area (Å²) in [6, 6.07) is 16.7. The second kappa shape index (κ2) is 6.66. The molecule has 1 N–H and O–H groups in total. The Hall–Kier alpha value is -2.73. The second-order valence-corrected chi connectivity index (χ2v) is 8.52. The van der Waals surface area contributed by atoms with Gasteiger partial charge in [0.2, 0.25) is 6.79 Å². The zero-order valence-corrected chi connectivity index (χ0v) is 16.3. The highest BCUT2D eigenvalue weighted by Crippen LogP contribution is 2.48. The van der Waals surface area contributed by atoms with E-state index in [1.165, 1.54) is 18.4 Å². The van der Waals surface area contributed by atoms with E-state index in [9.17, 15) is 4.79 Å². The molecule has 4 saturated heterocycles. The molecule has 0 aliphatic carbocycles. The number of anilines is 1. The van der Waals surface area contributed by atoms with E-state index in [-0.39, 0.29) is 18.9 Å². The maximum atomic E-state index is 13.3. The van der Waals surface area contributed by atoms with E-state index in [0.717, 1.165) is 36.8 Å². The lowest BCUT2D eigenvalue weighted by molar-refractivity contribution is 0.00494. The van der Waals surface area contributed by atoms with Crippen molar-refractivity contribution in [2.75, 3.05) is 31.7 Å². The number of hydrogen-bond donors (Lipinski definition) is 1. The van der Waals surface area contributed by atoms with E-state index < -0.39 is 0 Å². The third kappa shape index (κ3) is 2.77. The number of para-hydroxylation sites is 1. The van der Waals surface area contributed by atoms with Crippen molar-refractivity contribution in [3.8, 4) is 11.5 Å². The molecule has 0 aromatic heterocycles. The van der Waals surface area contributed by atoms with Crippen LogP contribution in [0, 0.1) is 5.92 Å². The molecule has 4 fully saturated rings. The number of nitrogens with zero attached hydrogens (tertiary/aromatic N) is 2. The van der Waals surface area contributed by atoms with Gasteiger partial charge in [-0.3, -0.25) is 4.90 Å². The van der Waals surface area contributed by atoms with E-state index in [4.69, 9.17) is 9.47 Å². The summed E-state index contributed by atoms with van der Waals surface area (Å²) in [5, 5.41) is 3.11. The average Bonchev–Trinajstić information content (AvgIpc) is 3.41. The minimum atomic E-state index is 0.0168. The highest BCUT2D eigenvalue weighted by atomic mass is 16.7. The van der Waals surface area contributed by atoms with Gasteiger partial charge in [-0.05, 0) is 61.7 Å². The Balaban J connectivity index is 1.32. The minimum absolute atomic E-state index is 0.0168. The van der Waals surface area contributed by atoms with Crippen molar-refractivity contribution >= 4 is 11.7 Å². The summed E-state index contributed by atoms with van der Waals surface area (Å²) < 4.78 is 11.1. The Bertz CT molecular complexity index is 926. The summed E-state index contributed by atoms with van der Waals surface area (Å²) in [6.45, 7) is 3.30. The van der Waals surface area contributed by atoms with E-state index in [1.807, 2.05) is 36.4 Å². The topological polar surface area (TPSA) is 54.0 Å². The average molecular weight is 391 g/mol. The third-order valence-corrected chi connectivity index (χ3v) is 7.10. The summed E-state index contributed by atoms with van der Waals surface area (Å²) in [6.07, 6.45) is 2.37. The Morgan fingerprint density at radius 1 is 0.966 bits per heavy atom. The zero-order valence-electron chi connectivity index (χ0n) is 16.3. The van der Waals surface area contributed by atoms with Gasteiger partial charge in [-0.1, -0.05) is 24.3 Å². The standard InChI is InChI=1S/C23H25N3O3/c27-23(24-17-4-2-1-3-5-17)26-13-18(16-6-7-19-20(12-16)29-14-28-19)22-21(26)15-8-10-25(22)11-9-15/h1-7,12,15,18,21-22H,8-11,13-14H2,(H,24,27)/t18-,21+,22+/m0/s1.